The Labute approximate surface area is 189 Å². The first-order valence-corrected chi connectivity index (χ1v) is 11.8. The fourth-order valence-corrected chi connectivity index (χ4v) is 4.39. The van der Waals surface area contributed by atoms with Crippen LogP contribution in [0.5, 0.6) is 0 Å². The Morgan fingerprint density at radius 2 is 1.88 bits per heavy atom. The first-order valence-electron chi connectivity index (χ1n) is 11.8. The Kier molecular flexibility index (Phi) is 5.83. The van der Waals surface area contributed by atoms with Gasteiger partial charge >= 0.3 is 0 Å². The number of carbonyl (C=O) groups excluding carboxylic acids is 1. The van der Waals surface area contributed by atoms with Crippen LogP contribution in [0.3, 0.4) is 0 Å². The van der Waals surface area contributed by atoms with Crippen molar-refractivity contribution >= 4 is 22.6 Å². The van der Waals surface area contributed by atoms with Crippen molar-refractivity contribution < 1.29 is 4.79 Å². The fourth-order valence-electron chi connectivity index (χ4n) is 4.39. The van der Waals surface area contributed by atoms with Crippen molar-refractivity contribution in [3.63, 3.8) is 0 Å². The largest absolute Gasteiger partial charge is 0.369 e. The van der Waals surface area contributed by atoms with Gasteiger partial charge in [0.05, 0.1) is 17.1 Å². The molecular weight excluding hydrogens is 400 g/mol. The van der Waals surface area contributed by atoms with Crippen molar-refractivity contribution in [1.29, 1.82) is 0 Å². The van der Waals surface area contributed by atoms with Gasteiger partial charge in [-0.2, -0.15) is 5.10 Å². The van der Waals surface area contributed by atoms with Gasteiger partial charge in [0, 0.05) is 56.6 Å². The maximum atomic E-state index is 13.2. The van der Waals surface area contributed by atoms with Crippen LogP contribution in [-0.4, -0.2) is 58.8 Å². The molecule has 0 spiro atoms. The van der Waals surface area contributed by atoms with Gasteiger partial charge in [-0.05, 0) is 50.1 Å². The molecule has 3 heterocycles. The molecule has 0 radical (unpaired) electrons. The van der Waals surface area contributed by atoms with Gasteiger partial charge in [-0.1, -0.05) is 19.1 Å². The van der Waals surface area contributed by atoms with Gasteiger partial charge in [0.25, 0.3) is 5.91 Å². The van der Waals surface area contributed by atoms with Crippen molar-refractivity contribution in [2.75, 3.05) is 38.1 Å². The summed E-state index contributed by atoms with van der Waals surface area (Å²) in [6.07, 6.45) is 5.08. The Morgan fingerprint density at radius 1 is 1.12 bits per heavy atom. The van der Waals surface area contributed by atoms with E-state index in [4.69, 9.17) is 4.98 Å². The molecule has 1 saturated carbocycles. The molecule has 2 aromatic heterocycles. The molecule has 1 aliphatic carbocycles. The molecule has 1 aliphatic heterocycles. The lowest BCUT2D eigenvalue weighted by Gasteiger charge is -2.34. The van der Waals surface area contributed by atoms with E-state index in [0.29, 0.717) is 18.0 Å². The minimum atomic E-state index is -0.0570. The van der Waals surface area contributed by atoms with Crippen molar-refractivity contribution in [3.05, 3.63) is 53.3 Å². The second-order valence-corrected chi connectivity index (χ2v) is 9.11. The standard InChI is InChI=1S/C25H32N6O/c1-3-10-31-24-22(17-27-31)21(15-23(28-24)19-6-7-19)25(32)26-16-18-4-8-20(9-5-18)30-13-11-29(2)12-14-30/h4-5,8-9,15,17,19H,3,6-7,10-14,16H2,1-2H3,(H,26,32). The maximum Gasteiger partial charge on any atom is 0.252 e. The Morgan fingerprint density at radius 3 is 2.56 bits per heavy atom. The number of fused-ring (bicyclic) bond motifs is 1. The molecule has 32 heavy (non-hydrogen) atoms. The maximum absolute atomic E-state index is 13.2. The molecule has 5 rings (SSSR count). The smallest absolute Gasteiger partial charge is 0.252 e. The molecule has 168 valence electrons. The Bertz CT molecular complexity index is 1090. The SMILES string of the molecule is CCCn1ncc2c(C(=O)NCc3ccc(N4CCN(C)CC4)cc3)cc(C3CC3)nc21. The summed E-state index contributed by atoms with van der Waals surface area (Å²) in [6.45, 7) is 7.74. The van der Waals surface area contributed by atoms with E-state index in [1.165, 1.54) is 5.69 Å². The van der Waals surface area contributed by atoms with E-state index in [0.717, 1.165) is 74.3 Å². The molecule has 0 bridgehead atoms. The first-order chi connectivity index (χ1) is 15.6. The van der Waals surface area contributed by atoms with Crippen LogP contribution >= 0.6 is 0 Å². The third-order valence-corrected chi connectivity index (χ3v) is 6.56. The number of carbonyl (C=O) groups is 1. The number of hydrogen-bond acceptors (Lipinski definition) is 5. The third kappa shape index (κ3) is 4.35. The third-order valence-electron chi connectivity index (χ3n) is 6.56. The number of likely N-dealkylation sites (N-methyl/N-ethyl adjacent to an activating group) is 1. The van der Waals surface area contributed by atoms with Crippen LogP contribution in [0.4, 0.5) is 5.69 Å². The molecule has 1 amide bonds. The van der Waals surface area contributed by atoms with Crippen LogP contribution in [0.15, 0.2) is 36.5 Å². The zero-order valence-corrected chi connectivity index (χ0v) is 19.0. The second-order valence-electron chi connectivity index (χ2n) is 9.11. The summed E-state index contributed by atoms with van der Waals surface area (Å²) in [4.78, 5) is 22.8. The van der Waals surface area contributed by atoms with Gasteiger partial charge in [0.2, 0.25) is 0 Å². The summed E-state index contributed by atoms with van der Waals surface area (Å²) >= 11 is 0. The molecule has 7 nitrogen and oxygen atoms in total. The van der Waals surface area contributed by atoms with Crippen LogP contribution in [0.1, 0.15) is 53.7 Å². The number of anilines is 1. The van der Waals surface area contributed by atoms with E-state index in [-0.39, 0.29) is 5.91 Å². The van der Waals surface area contributed by atoms with E-state index in [2.05, 4.69) is 58.5 Å². The van der Waals surface area contributed by atoms with Crippen LogP contribution < -0.4 is 10.2 Å². The van der Waals surface area contributed by atoms with Crippen molar-refractivity contribution in [2.45, 2.75) is 45.2 Å². The number of nitrogens with zero attached hydrogens (tertiary/aromatic N) is 5. The molecule has 1 aromatic carbocycles. The molecule has 0 unspecified atom stereocenters. The van der Waals surface area contributed by atoms with Crippen molar-refractivity contribution in [2.24, 2.45) is 0 Å². The highest BCUT2D eigenvalue weighted by Gasteiger charge is 2.28. The summed E-state index contributed by atoms with van der Waals surface area (Å²) < 4.78 is 1.93. The number of nitrogens with one attached hydrogen (secondary N) is 1. The van der Waals surface area contributed by atoms with E-state index in [9.17, 15) is 4.79 Å². The quantitative estimate of drug-likeness (QED) is 0.620. The Balaban J connectivity index is 1.30. The molecule has 0 atom stereocenters. The average Bonchev–Trinajstić information content (AvgIpc) is 3.59. The van der Waals surface area contributed by atoms with Gasteiger partial charge in [0.1, 0.15) is 0 Å². The molecular formula is C25H32N6O. The van der Waals surface area contributed by atoms with Crippen LogP contribution in [-0.2, 0) is 13.1 Å². The lowest BCUT2D eigenvalue weighted by Crippen LogP contribution is -2.44. The molecule has 2 fully saturated rings. The highest BCUT2D eigenvalue weighted by atomic mass is 16.1. The zero-order chi connectivity index (χ0) is 22.1. The molecule has 1 saturated heterocycles. The topological polar surface area (TPSA) is 66.3 Å². The number of rotatable bonds is 7. The predicted molar refractivity (Wildman–Crippen MR) is 127 cm³/mol. The summed E-state index contributed by atoms with van der Waals surface area (Å²) in [5.74, 6) is 0.427. The van der Waals surface area contributed by atoms with E-state index in [1.54, 1.807) is 6.20 Å². The number of piperazine rings is 1. The van der Waals surface area contributed by atoms with Gasteiger partial charge in [-0.25, -0.2) is 9.67 Å². The van der Waals surface area contributed by atoms with Crippen LogP contribution in [0.2, 0.25) is 0 Å². The van der Waals surface area contributed by atoms with Gasteiger partial charge in [0.15, 0.2) is 5.65 Å². The number of benzene rings is 1. The highest BCUT2D eigenvalue weighted by Crippen LogP contribution is 2.40. The van der Waals surface area contributed by atoms with Crippen LogP contribution in [0.25, 0.3) is 11.0 Å². The van der Waals surface area contributed by atoms with Gasteiger partial charge in [-0.3, -0.25) is 4.79 Å². The lowest BCUT2D eigenvalue weighted by molar-refractivity contribution is 0.0952. The highest BCUT2D eigenvalue weighted by molar-refractivity contribution is 6.05. The number of pyridine rings is 1. The Hall–Kier alpha value is -2.93. The average molecular weight is 433 g/mol. The molecule has 1 N–H and O–H groups in total. The van der Waals surface area contributed by atoms with Gasteiger partial charge < -0.3 is 15.1 Å². The predicted octanol–water partition coefficient (Wildman–Crippen LogP) is 3.40. The van der Waals surface area contributed by atoms with Crippen molar-refractivity contribution in [1.82, 2.24) is 25.0 Å². The number of amides is 1. The van der Waals surface area contributed by atoms with E-state index >= 15 is 0 Å². The van der Waals surface area contributed by atoms with E-state index in [1.807, 2.05) is 10.7 Å². The summed E-state index contributed by atoms with van der Waals surface area (Å²) in [5, 5.41) is 8.45. The minimum Gasteiger partial charge on any atom is -0.369 e. The van der Waals surface area contributed by atoms with Crippen molar-refractivity contribution in [3.8, 4) is 0 Å². The van der Waals surface area contributed by atoms with E-state index < -0.39 is 0 Å². The number of aromatic nitrogens is 3. The number of hydrogen-bond donors (Lipinski definition) is 1. The summed E-state index contributed by atoms with van der Waals surface area (Å²) in [5.41, 5.74) is 4.90. The lowest BCUT2D eigenvalue weighted by atomic mass is 10.1. The monoisotopic (exact) mass is 432 g/mol. The second kappa shape index (κ2) is 8.90. The van der Waals surface area contributed by atoms with Gasteiger partial charge in [-0.15, -0.1) is 0 Å². The first kappa shape index (κ1) is 20.9. The normalized spacial score (nSPS) is 17.1. The summed E-state index contributed by atoms with van der Waals surface area (Å²) in [6, 6.07) is 10.5. The fraction of sp³-hybridized carbons (Fsp3) is 0.480. The number of aryl methyl sites for hydroxylation is 1. The molecule has 7 heteroatoms. The molecule has 3 aromatic rings. The minimum absolute atomic E-state index is 0.0570. The summed E-state index contributed by atoms with van der Waals surface area (Å²) in [7, 11) is 2.17. The zero-order valence-electron chi connectivity index (χ0n) is 19.0. The van der Waals surface area contributed by atoms with Crippen LogP contribution in [0, 0.1) is 0 Å². The molecule has 2 aliphatic rings.